The fourth-order valence-corrected chi connectivity index (χ4v) is 1.64. The molecule has 1 aromatic rings. The van der Waals surface area contributed by atoms with Gasteiger partial charge < -0.3 is 10.6 Å². The molecule has 14 heavy (non-hydrogen) atoms. The summed E-state index contributed by atoms with van der Waals surface area (Å²) < 4.78 is 0. The zero-order valence-electron chi connectivity index (χ0n) is 8.76. The Balaban J connectivity index is 2.67. The van der Waals surface area contributed by atoms with Crippen molar-refractivity contribution in [3.8, 4) is 0 Å². The Morgan fingerprint density at radius 2 is 2.14 bits per heavy atom. The third-order valence-electron chi connectivity index (χ3n) is 2.15. The van der Waals surface area contributed by atoms with E-state index in [9.17, 15) is 0 Å². The molecule has 2 N–H and O–H groups in total. The van der Waals surface area contributed by atoms with Gasteiger partial charge in [0.25, 0.3) is 0 Å². The van der Waals surface area contributed by atoms with E-state index in [0.29, 0.717) is 5.02 Å². The zero-order valence-corrected chi connectivity index (χ0v) is 9.51. The van der Waals surface area contributed by atoms with Crippen molar-refractivity contribution >= 4 is 17.3 Å². The molecule has 0 aliphatic carbocycles. The number of nitrogen functional groups attached to an aromatic ring is 1. The van der Waals surface area contributed by atoms with E-state index >= 15 is 0 Å². The molecule has 0 aliphatic rings. The van der Waals surface area contributed by atoms with Crippen LogP contribution in [0.2, 0.25) is 5.02 Å². The summed E-state index contributed by atoms with van der Waals surface area (Å²) in [6.07, 6.45) is 1.16. The quantitative estimate of drug-likeness (QED) is 0.778. The van der Waals surface area contributed by atoms with E-state index in [1.54, 1.807) is 6.07 Å². The van der Waals surface area contributed by atoms with Gasteiger partial charge in [-0.3, -0.25) is 0 Å². The van der Waals surface area contributed by atoms with Crippen molar-refractivity contribution < 1.29 is 0 Å². The predicted octanol–water partition coefficient (Wildman–Crippen LogP) is 2.76. The van der Waals surface area contributed by atoms with Gasteiger partial charge in [-0.2, -0.15) is 0 Å². The second-order valence-corrected chi connectivity index (χ2v) is 4.02. The SMILES string of the molecule is CCCN(C)Cc1ccc(Cl)cc1N. The number of halogens is 1. The molecule has 0 saturated heterocycles. The Kier molecular flexibility index (Phi) is 4.23. The van der Waals surface area contributed by atoms with Crippen LogP contribution in [-0.2, 0) is 6.54 Å². The van der Waals surface area contributed by atoms with Crippen LogP contribution in [0.5, 0.6) is 0 Å². The van der Waals surface area contributed by atoms with Crippen LogP contribution >= 0.6 is 11.6 Å². The third kappa shape index (κ3) is 3.20. The van der Waals surface area contributed by atoms with E-state index in [2.05, 4.69) is 18.9 Å². The molecule has 0 heterocycles. The molecule has 0 amide bonds. The highest BCUT2D eigenvalue weighted by molar-refractivity contribution is 6.30. The predicted molar refractivity (Wildman–Crippen MR) is 62.5 cm³/mol. The summed E-state index contributed by atoms with van der Waals surface area (Å²) in [5.41, 5.74) is 7.78. The largest absolute Gasteiger partial charge is 0.398 e. The highest BCUT2D eigenvalue weighted by Crippen LogP contribution is 2.19. The minimum Gasteiger partial charge on any atom is -0.398 e. The maximum Gasteiger partial charge on any atom is 0.0426 e. The lowest BCUT2D eigenvalue weighted by molar-refractivity contribution is 0.328. The van der Waals surface area contributed by atoms with Crippen molar-refractivity contribution in [2.75, 3.05) is 19.3 Å². The second-order valence-electron chi connectivity index (χ2n) is 3.58. The Bertz CT molecular complexity index is 299. The van der Waals surface area contributed by atoms with Crippen LogP contribution in [0.1, 0.15) is 18.9 Å². The molecule has 0 atom stereocenters. The molecule has 0 spiro atoms. The van der Waals surface area contributed by atoms with Crippen molar-refractivity contribution in [1.29, 1.82) is 0 Å². The fourth-order valence-electron chi connectivity index (χ4n) is 1.46. The van der Waals surface area contributed by atoms with Crippen LogP contribution in [0.3, 0.4) is 0 Å². The van der Waals surface area contributed by atoms with Gasteiger partial charge in [0.15, 0.2) is 0 Å². The number of hydrogen-bond donors (Lipinski definition) is 1. The normalized spacial score (nSPS) is 10.9. The molecule has 0 fully saturated rings. The first-order valence-electron chi connectivity index (χ1n) is 4.86. The summed E-state index contributed by atoms with van der Waals surface area (Å²) in [7, 11) is 2.09. The van der Waals surface area contributed by atoms with Gasteiger partial charge in [0, 0.05) is 17.3 Å². The summed E-state index contributed by atoms with van der Waals surface area (Å²) in [6.45, 7) is 4.14. The lowest BCUT2D eigenvalue weighted by atomic mass is 10.1. The maximum absolute atomic E-state index is 5.85. The van der Waals surface area contributed by atoms with E-state index in [-0.39, 0.29) is 0 Å². The van der Waals surface area contributed by atoms with Crippen molar-refractivity contribution in [2.45, 2.75) is 19.9 Å². The summed E-state index contributed by atoms with van der Waals surface area (Å²) in [5, 5.41) is 0.699. The Labute approximate surface area is 90.7 Å². The Hall–Kier alpha value is -0.730. The number of anilines is 1. The minimum atomic E-state index is 0.699. The molecular formula is C11H17ClN2. The topological polar surface area (TPSA) is 29.3 Å². The number of nitrogens with zero attached hydrogens (tertiary/aromatic N) is 1. The third-order valence-corrected chi connectivity index (χ3v) is 2.39. The number of rotatable bonds is 4. The standard InChI is InChI=1S/C11H17ClN2/c1-3-6-14(2)8-9-4-5-10(12)7-11(9)13/h4-5,7H,3,6,8,13H2,1-2H3. The Morgan fingerprint density at radius 1 is 1.43 bits per heavy atom. The number of hydrogen-bond acceptors (Lipinski definition) is 2. The van der Waals surface area contributed by atoms with Gasteiger partial charge >= 0.3 is 0 Å². The highest BCUT2D eigenvalue weighted by atomic mass is 35.5. The average Bonchev–Trinajstić information content (AvgIpc) is 2.10. The molecule has 0 bridgehead atoms. The van der Waals surface area contributed by atoms with Crippen molar-refractivity contribution in [2.24, 2.45) is 0 Å². The van der Waals surface area contributed by atoms with Crippen LogP contribution in [0.4, 0.5) is 5.69 Å². The van der Waals surface area contributed by atoms with Crippen LogP contribution in [0.15, 0.2) is 18.2 Å². The Morgan fingerprint density at radius 3 is 2.71 bits per heavy atom. The summed E-state index contributed by atoms with van der Waals surface area (Å²) in [6, 6.07) is 5.67. The van der Waals surface area contributed by atoms with Crippen LogP contribution < -0.4 is 5.73 Å². The molecule has 1 rings (SSSR count). The van der Waals surface area contributed by atoms with Crippen LogP contribution in [0, 0.1) is 0 Å². The maximum atomic E-state index is 5.85. The monoisotopic (exact) mass is 212 g/mol. The smallest absolute Gasteiger partial charge is 0.0426 e. The van der Waals surface area contributed by atoms with E-state index in [1.807, 2.05) is 12.1 Å². The van der Waals surface area contributed by atoms with E-state index < -0.39 is 0 Å². The van der Waals surface area contributed by atoms with Gasteiger partial charge in [0.2, 0.25) is 0 Å². The van der Waals surface area contributed by atoms with E-state index in [0.717, 1.165) is 30.8 Å². The molecular weight excluding hydrogens is 196 g/mol. The summed E-state index contributed by atoms with van der Waals surface area (Å²) >= 11 is 5.82. The first kappa shape index (κ1) is 11.3. The van der Waals surface area contributed by atoms with E-state index in [1.165, 1.54) is 0 Å². The van der Waals surface area contributed by atoms with Gasteiger partial charge in [0.1, 0.15) is 0 Å². The molecule has 2 nitrogen and oxygen atoms in total. The second kappa shape index (κ2) is 5.23. The van der Waals surface area contributed by atoms with Crippen LogP contribution in [0.25, 0.3) is 0 Å². The molecule has 0 aliphatic heterocycles. The van der Waals surface area contributed by atoms with Crippen LogP contribution in [-0.4, -0.2) is 18.5 Å². The molecule has 1 aromatic carbocycles. The van der Waals surface area contributed by atoms with Crippen molar-refractivity contribution in [3.05, 3.63) is 28.8 Å². The fraction of sp³-hybridized carbons (Fsp3) is 0.455. The average molecular weight is 213 g/mol. The van der Waals surface area contributed by atoms with Crippen molar-refractivity contribution in [3.63, 3.8) is 0 Å². The van der Waals surface area contributed by atoms with Gasteiger partial charge in [-0.25, -0.2) is 0 Å². The molecule has 0 aromatic heterocycles. The molecule has 78 valence electrons. The van der Waals surface area contributed by atoms with E-state index in [4.69, 9.17) is 17.3 Å². The lowest BCUT2D eigenvalue weighted by Crippen LogP contribution is -2.19. The zero-order chi connectivity index (χ0) is 10.6. The lowest BCUT2D eigenvalue weighted by Gasteiger charge is -2.16. The molecule has 0 saturated carbocycles. The molecule has 0 unspecified atom stereocenters. The molecule has 0 radical (unpaired) electrons. The van der Waals surface area contributed by atoms with Gasteiger partial charge in [0.05, 0.1) is 0 Å². The van der Waals surface area contributed by atoms with Gasteiger partial charge in [-0.1, -0.05) is 24.6 Å². The number of nitrogens with two attached hydrogens (primary N) is 1. The first-order chi connectivity index (χ1) is 6.63. The first-order valence-corrected chi connectivity index (χ1v) is 5.23. The minimum absolute atomic E-state index is 0.699. The van der Waals surface area contributed by atoms with Crippen molar-refractivity contribution in [1.82, 2.24) is 4.90 Å². The summed E-state index contributed by atoms with van der Waals surface area (Å²) in [4.78, 5) is 2.25. The summed E-state index contributed by atoms with van der Waals surface area (Å²) in [5.74, 6) is 0. The molecule has 3 heteroatoms. The number of benzene rings is 1. The van der Waals surface area contributed by atoms with Gasteiger partial charge in [-0.15, -0.1) is 0 Å². The highest BCUT2D eigenvalue weighted by Gasteiger charge is 2.03. The van der Waals surface area contributed by atoms with Gasteiger partial charge in [-0.05, 0) is 37.7 Å².